The van der Waals surface area contributed by atoms with E-state index in [0.29, 0.717) is 5.56 Å². The van der Waals surface area contributed by atoms with Gasteiger partial charge >= 0.3 is 5.97 Å². The van der Waals surface area contributed by atoms with E-state index in [-0.39, 0.29) is 0 Å². The van der Waals surface area contributed by atoms with Crippen LogP contribution in [-0.2, 0) is 0 Å². The van der Waals surface area contributed by atoms with Gasteiger partial charge in [-0.05, 0) is 25.1 Å². The number of pyridine rings is 1. The first-order chi connectivity index (χ1) is 6.20. The number of hydrogen-bond acceptors (Lipinski definition) is 1. The number of carbonyl (C=O) groups is 1. The van der Waals surface area contributed by atoms with Crippen molar-refractivity contribution in [3.8, 4) is 0 Å². The molecule has 2 heterocycles. The highest BCUT2D eigenvalue weighted by Gasteiger charge is 2.10. The summed E-state index contributed by atoms with van der Waals surface area (Å²) in [6.07, 6.45) is 1.86. The number of rotatable bonds is 1. The molecular weight excluding hydrogens is 166 g/mol. The highest BCUT2D eigenvalue weighted by atomic mass is 16.4. The molecular formula is C10H9NO2. The summed E-state index contributed by atoms with van der Waals surface area (Å²) in [4.78, 5) is 10.8. The number of carboxylic acids is 1. The zero-order valence-electron chi connectivity index (χ0n) is 7.19. The molecule has 0 bridgehead atoms. The fourth-order valence-electron chi connectivity index (χ4n) is 1.49. The third-order valence-electron chi connectivity index (χ3n) is 2.10. The van der Waals surface area contributed by atoms with Crippen molar-refractivity contribution in [2.75, 3.05) is 0 Å². The number of aromatic carboxylic acids is 1. The van der Waals surface area contributed by atoms with E-state index in [9.17, 15) is 4.79 Å². The molecule has 0 aliphatic heterocycles. The average Bonchev–Trinajstić information content (AvgIpc) is 2.45. The quantitative estimate of drug-likeness (QED) is 0.719. The van der Waals surface area contributed by atoms with Gasteiger partial charge in [0.2, 0.25) is 0 Å². The van der Waals surface area contributed by atoms with Gasteiger partial charge in [-0.3, -0.25) is 0 Å². The van der Waals surface area contributed by atoms with Crippen LogP contribution >= 0.6 is 0 Å². The Morgan fingerprint density at radius 3 is 2.92 bits per heavy atom. The predicted octanol–water partition coefficient (Wildman–Crippen LogP) is 1.95. The van der Waals surface area contributed by atoms with E-state index in [4.69, 9.17) is 5.11 Å². The Labute approximate surface area is 75.2 Å². The van der Waals surface area contributed by atoms with Crippen LogP contribution in [-0.4, -0.2) is 15.5 Å². The fourth-order valence-corrected chi connectivity index (χ4v) is 1.49. The normalized spacial score (nSPS) is 10.5. The highest BCUT2D eigenvalue weighted by molar-refractivity contribution is 5.96. The number of carboxylic acid groups (broad SMARTS) is 1. The maximum Gasteiger partial charge on any atom is 0.337 e. The van der Waals surface area contributed by atoms with Gasteiger partial charge in [-0.25, -0.2) is 4.79 Å². The molecule has 3 nitrogen and oxygen atoms in total. The Kier molecular flexibility index (Phi) is 1.59. The Hall–Kier alpha value is -1.77. The summed E-state index contributed by atoms with van der Waals surface area (Å²) in [6, 6.07) is 7.20. The van der Waals surface area contributed by atoms with Gasteiger partial charge < -0.3 is 9.51 Å². The molecule has 0 radical (unpaired) electrons. The van der Waals surface area contributed by atoms with Crippen LogP contribution in [0.4, 0.5) is 0 Å². The number of nitrogens with zero attached hydrogens (tertiary/aromatic N) is 1. The first kappa shape index (κ1) is 7.86. The van der Waals surface area contributed by atoms with Gasteiger partial charge in [0.05, 0.1) is 11.1 Å². The van der Waals surface area contributed by atoms with E-state index in [1.165, 1.54) is 0 Å². The van der Waals surface area contributed by atoms with Crippen molar-refractivity contribution >= 4 is 11.5 Å². The lowest BCUT2D eigenvalue weighted by atomic mass is 10.2. The molecule has 0 aliphatic carbocycles. The van der Waals surface area contributed by atoms with E-state index in [1.807, 2.05) is 29.7 Å². The summed E-state index contributed by atoms with van der Waals surface area (Å²) in [5, 5.41) is 8.88. The Bertz CT molecular complexity index is 471. The predicted molar refractivity (Wildman–Crippen MR) is 49.1 cm³/mol. The maximum absolute atomic E-state index is 10.8. The summed E-state index contributed by atoms with van der Waals surface area (Å²) >= 11 is 0. The molecule has 2 rings (SSSR count). The molecule has 0 saturated carbocycles. The topological polar surface area (TPSA) is 41.7 Å². The fraction of sp³-hybridized carbons (Fsp3) is 0.100. The SMILES string of the molecule is Cc1cc(C(=O)O)c2ccccn12. The van der Waals surface area contributed by atoms with Crippen LogP contribution in [0, 0.1) is 6.92 Å². The minimum Gasteiger partial charge on any atom is -0.478 e. The van der Waals surface area contributed by atoms with E-state index in [2.05, 4.69) is 0 Å². The Morgan fingerprint density at radius 2 is 2.23 bits per heavy atom. The second-order valence-electron chi connectivity index (χ2n) is 2.96. The van der Waals surface area contributed by atoms with Crippen molar-refractivity contribution in [3.05, 3.63) is 41.7 Å². The average molecular weight is 175 g/mol. The van der Waals surface area contributed by atoms with Crippen LogP contribution in [0.15, 0.2) is 30.5 Å². The Balaban J connectivity index is 2.85. The van der Waals surface area contributed by atoms with Crippen LogP contribution in [0.2, 0.25) is 0 Å². The minimum absolute atomic E-state index is 0.359. The summed E-state index contributed by atoms with van der Waals surface area (Å²) in [5.41, 5.74) is 2.04. The largest absolute Gasteiger partial charge is 0.478 e. The van der Waals surface area contributed by atoms with Crippen molar-refractivity contribution < 1.29 is 9.90 Å². The monoisotopic (exact) mass is 175 g/mol. The van der Waals surface area contributed by atoms with Gasteiger partial charge in [-0.2, -0.15) is 0 Å². The second-order valence-corrected chi connectivity index (χ2v) is 2.96. The first-order valence-electron chi connectivity index (χ1n) is 4.00. The van der Waals surface area contributed by atoms with Crippen molar-refractivity contribution in [1.82, 2.24) is 4.40 Å². The third kappa shape index (κ3) is 1.09. The van der Waals surface area contributed by atoms with Crippen LogP contribution in [0.5, 0.6) is 0 Å². The van der Waals surface area contributed by atoms with Crippen LogP contribution in [0.3, 0.4) is 0 Å². The molecule has 0 spiro atoms. The van der Waals surface area contributed by atoms with Crippen LogP contribution in [0.1, 0.15) is 16.1 Å². The zero-order chi connectivity index (χ0) is 9.42. The maximum atomic E-state index is 10.8. The number of fused-ring (bicyclic) bond motifs is 1. The summed E-state index contributed by atoms with van der Waals surface area (Å²) < 4.78 is 1.86. The van der Waals surface area contributed by atoms with Crippen LogP contribution in [0.25, 0.3) is 5.52 Å². The van der Waals surface area contributed by atoms with Crippen molar-refractivity contribution in [3.63, 3.8) is 0 Å². The number of aryl methyl sites for hydroxylation is 1. The van der Waals surface area contributed by atoms with E-state index < -0.39 is 5.97 Å². The van der Waals surface area contributed by atoms with Crippen LogP contribution < -0.4 is 0 Å². The van der Waals surface area contributed by atoms with E-state index in [1.54, 1.807) is 12.1 Å². The summed E-state index contributed by atoms with van der Waals surface area (Å²) in [5.74, 6) is -0.878. The molecule has 0 aliphatic rings. The standard InChI is InChI=1S/C10H9NO2/c1-7-6-8(10(12)13)9-4-2-3-5-11(7)9/h2-6H,1H3,(H,12,13). The van der Waals surface area contributed by atoms with E-state index >= 15 is 0 Å². The van der Waals surface area contributed by atoms with Gasteiger partial charge in [0.25, 0.3) is 0 Å². The van der Waals surface area contributed by atoms with Gasteiger partial charge in [-0.1, -0.05) is 6.07 Å². The smallest absolute Gasteiger partial charge is 0.337 e. The Morgan fingerprint density at radius 1 is 1.46 bits per heavy atom. The highest BCUT2D eigenvalue weighted by Crippen LogP contribution is 2.15. The zero-order valence-corrected chi connectivity index (χ0v) is 7.19. The van der Waals surface area contributed by atoms with Crippen molar-refractivity contribution in [2.45, 2.75) is 6.92 Å². The molecule has 2 aromatic rings. The summed E-state index contributed by atoms with van der Waals surface area (Å²) in [7, 11) is 0. The van der Waals surface area contributed by atoms with Gasteiger partial charge in [-0.15, -0.1) is 0 Å². The van der Waals surface area contributed by atoms with Gasteiger partial charge in [0.15, 0.2) is 0 Å². The molecule has 13 heavy (non-hydrogen) atoms. The number of hydrogen-bond donors (Lipinski definition) is 1. The van der Waals surface area contributed by atoms with Gasteiger partial charge in [0, 0.05) is 11.9 Å². The van der Waals surface area contributed by atoms with Crippen molar-refractivity contribution in [1.29, 1.82) is 0 Å². The molecule has 0 saturated heterocycles. The van der Waals surface area contributed by atoms with E-state index in [0.717, 1.165) is 11.2 Å². The lowest BCUT2D eigenvalue weighted by Crippen LogP contribution is -1.94. The molecule has 2 aromatic heterocycles. The molecule has 66 valence electrons. The third-order valence-corrected chi connectivity index (χ3v) is 2.10. The molecule has 0 unspecified atom stereocenters. The molecule has 3 heteroatoms. The molecule has 0 fully saturated rings. The lowest BCUT2D eigenvalue weighted by molar-refractivity contribution is 0.0699. The minimum atomic E-state index is -0.878. The second kappa shape index (κ2) is 2.62. The van der Waals surface area contributed by atoms with Gasteiger partial charge in [0.1, 0.15) is 0 Å². The molecule has 0 atom stereocenters. The first-order valence-corrected chi connectivity index (χ1v) is 4.00. The molecule has 0 amide bonds. The molecule has 1 N–H and O–H groups in total. The van der Waals surface area contributed by atoms with Crippen molar-refractivity contribution in [2.24, 2.45) is 0 Å². The summed E-state index contributed by atoms with van der Waals surface area (Å²) in [6.45, 7) is 1.89. The number of aromatic nitrogens is 1. The molecule has 0 aromatic carbocycles. The lowest BCUT2D eigenvalue weighted by Gasteiger charge is -1.95.